The molecule has 0 fully saturated rings. The van der Waals surface area contributed by atoms with Crippen molar-refractivity contribution in [2.24, 2.45) is 7.05 Å². The first-order chi connectivity index (χ1) is 9.61. The number of nitrogens with zero attached hydrogens (tertiary/aromatic N) is 5. The molecule has 110 valence electrons. The van der Waals surface area contributed by atoms with E-state index in [1.807, 2.05) is 0 Å². The lowest BCUT2D eigenvalue weighted by atomic mass is 10.3. The number of thioether (sulfide) groups is 1. The van der Waals surface area contributed by atoms with Crippen molar-refractivity contribution in [1.29, 1.82) is 0 Å². The summed E-state index contributed by atoms with van der Waals surface area (Å²) in [6.07, 6.45) is 0.364. The highest BCUT2D eigenvalue weighted by Gasteiger charge is 2.17. The smallest absolute Gasteiger partial charge is 0.275 e. The average molecular weight is 305 g/mol. The van der Waals surface area contributed by atoms with Crippen LogP contribution in [0, 0.1) is 0 Å². The normalized spacial score (nSPS) is 11.4. The van der Waals surface area contributed by atoms with Crippen molar-refractivity contribution in [3.05, 3.63) is 29.6 Å². The highest BCUT2D eigenvalue weighted by atomic mass is 32.2. The van der Waals surface area contributed by atoms with Crippen LogP contribution < -0.4 is 0 Å². The van der Waals surface area contributed by atoms with E-state index in [9.17, 15) is 13.2 Å². The molecule has 0 saturated carbocycles. The first-order valence-electron chi connectivity index (χ1n) is 5.92. The Morgan fingerprint density at radius 1 is 1.35 bits per heavy atom. The zero-order chi connectivity index (χ0) is 14.5. The van der Waals surface area contributed by atoms with E-state index in [0.29, 0.717) is 22.9 Å². The molecular weight excluding hydrogens is 291 g/mol. The molecule has 0 radical (unpaired) electrons. The molecule has 0 aliphatic heterocycles. The zero-order valence-corrected chi connectivity index (χ0v) is 11.7. The lowest BCUT2D eigenvalue weighted by Crippen LogP contribution is -2.06. The minimum Gasteiger partial charge on any atom is -0.275 e. The molecule has 9 heteroatoms. The van der Waals surface area contributed by atoms with Crippen LogP contribution in [0.5, 0.6) is 0 Å². The fourth-order valence-corrected chi connectivity index (χ4v) is 2.72. The number of aryl methyl sites for hydroxylation is 2. The van der Waals surface area contributed by atoms with E-state index in [1.165, 1.54) is 27.5 Å². The second kappa shape index (κ2) is 6.78. The van der Waals surface area contributed by atoms with Gasteiger partial charge >= 0.3 is 0 Å². The fourth-order valence-electron chi connectivity index (χ4n) is 1.77. The van der Waals surface area contributed by atoms with Crippen LogP contribution in [0.2, 0.25) is 0 Å². The van der Waals surface area contributed by atoms with Gasteiger partial charge in [-0.25, -0.2) is 22.8 Å². The SMILES string of the molecule is Cn1cc(CSCc2ncnn2CCF)c(C(F)F)n1. The van der Waals surface area contributed by atoms with Gasteiger partial charge in [0.1, 0.15) is 24.5 Å². The van der Waals surface area contributed by atoms with Crippen molar-refractivity contribution < 1.29 is 13.2 Å². The van der Waals surface area contributed by atoms with Gasteiger partial charge in [-0.15, -0.1) is 11.8 Å². The van der Waals surface area contributed by atoms with Crippen molar-refractivity contribution in [3.8, 4) is 0 Å². The molecule has 20 heavy (non-hydrogen) atoms. The molecule has 0 aliphatic rings. The molecule has 0 unspecified atom stereocenters. The second-order valence-corrected chi connectivity index (χ2v) is 5.08. The minimum atomic E-state index is -2.58. The summed E-state index contributed by atoms with van der Waals surface area (Å²) >= 11 is 1.42. The van der Waals surface area contributed by atoms with E-state index < -0.39 is 13.1 Å². The molecule has 0 spiro atoms. The Bertz CT molecular complexity index is 554. The summed E-state index contributed by atoms with van der Waals surface area (Å²) in [4.78, 5) is 4.02. The predicted molar refractivity (Wildman–Crippen MR) is 69.2 cm³/mol. The molecule has 0 atom stereocenters. The standard InChI is InChI=1S/C11H14F3N5S/c1-18-4-8(10(17-18)11(13)14)5-20-6-9-15-7-16-19(9)3-2-12/h4,7,11H,2-3,5-6H2,1H3. The van der Waals surface area contributed by atoms with Crippen molar-refractivity contribution in [1.82, 2.24) is 24.5 Å². The largest absolute Gasteiger partial charge is 0.282 e. The summed E-state index contributed by atoms with van der Waals surface area (Å²) < 4.78 is 40.6. The lowest BCUT2D eigenvalue weighted by molar-refractivity contribution is 0.144. The van der Waals surface area contributed by atoms with Crippen molar-refractivity contribution in [2.75, 3.05) is 6.67 Å². The number of alkyl halides is 3. The summed E-state index contributed by atoms with van der Waals surface area (Å²) in [6, 6.07) is 0. The van der Waals surface area contributed by atoms with Crippen LogP contribution in [0.25, 0.3) is 0 Å². The van der Waals surface area contributed by atoms with Crippen molar-refractivity contribution in [3.63, 3.8) is 0 Å². The van der Waals surface area contributed by atoms with Crippen LogP contribution >= 0.6 is 11.8 Å². The van der Waals surface area contributed by atoms with Crippen LogP contribution in [0.15, 0.2) is 12.5 Å². The quantitative estimate of drug-likeness (QED) is 0.788. The van der Waals surface area contributed by atoms with Gasteiger partial charge in [0.25, 0.3) is 6.43 Å². The van der Waals surface area contributed by atoms with Gasteiger partial charge in [-0.05, 0) is 0 Å². The maximum Gasteiger partial charge on any atom is 0.282 e. The molecule has 0 N–H and O–H groups in total. The summed E-state index contributed by atoms with van der Waals surface area (Å²) in [5, 5.41) is 7.64. The Morgan fingerprint density at radius 2 is 2.15 bits per heavy atom. The fraction of sp³-hybridized carbons (Fsp3) is 0.545. The van der Waals surface area contributed by atoms with E-state index in [4.69, 9.17) is 0 Å². The van der Waals surface area contributed by atoms with Crippen molar-refractivity contribution in [2.45, 2.75) is 24.5 Å². The van der Waals surface area contributed by atoms with Gasteiger partial charge in [-0.2, -0.15) is 10.2 Å². The summed E-state index contributed by atoms with van der Waals surface area (Å²) in [5.41, 5.74) is 0.314. The highest BCUT2D eigenvalue weighted by molar-refractivity contribution is 7.97. The highest BCUT2D eigenvalue weighted by Crippen LogP contribution is 2.25. The number of hydrogen-bond acceptors (Lipinski definition) is 4. The van der Waals surface area contributed by atoms with E-state index in [1.54, 1.807) is 13.2 Å². The monoisotopic (exact) mass is 305 g/mol. The third-order valence-electron chi connectivity index (χ3n) is 2.62. The molecule has 2 rings (SSSR count). The second-order valence-electron chi connectivity index (χ2n) is 4.10. The van der Waals surface area contributed by atoms with Gasteiger partial charge < -0.3 is 0 Å². The molecule has 0 aliphatic carbocycles. The molecule has 0 amide bonds. The third-order valence-corrected chi connectivity index (χ3v) is 3.60. The maximum absolute atomic E-state index is 12.8. The van der Waals surface area contributed by atoms with Gasteiger partial charge in [0.15, 0.2) is 0 Å². The lowest BCUT2D eigenvalue weighted by Gasteiger charge is -2.04. The molecule has 5 nitrogen and oxygen atoms in total. The Kier molecular flexibility index (Phi) is 5.05. The Hall–Kier alpha value is -1.51. The van der Waals surface area contributed by atoms with E-state index >= 15 is 0 Å². The van der Waals surface area contributed by atoms with Crippen LogP contribution in [-0.2, 0) is 25.1 Å². The van der Waals surface area contributed by atoms with Crippen LogP contribution in [-0.4, -0.2) is 31.2 Å². The molecule has 0 bridgehead atoms. The molecule has 2 aromatic heterocycles. The maximum atomic E-state index is 12.8. The number of aromatic nitrogens is 5. The Labute approximate surface area is 118 Å². The van der Waals surface area contributed by atoms with Crippen molar-refractivity contribution >= 4 is 11.8 Å². The topological polar surface area (TPSA) is 48.5 Å². The van der Waals surface area contributed by atoms with Crippen LogP contribution in [0.1, 0.15) is 23.5 Å². The third kappa shape index (κ3) is 3.53. The first-order valence-corrected chi connectivity index (χ1v) is 7.08. The van der Waals surface area contributed by atoms with Gasteiger partial charge in [0.05, 0.1) is 12.3 Å². The van der Waals surface area contributed by atoms with Gasteiger partial charge in [0, 0.05) is 24.6 Å². The average Bonchev–Trinajstić information content (AvgIpc) is 2.97. The molecule has 2 heterocycles. The van der Waals surface area contributed by atoms with E-state index in [2.05, 4.69) is 15.2 Å². The van der Waals surface area contributed by atoms with Crippen LogP contribution in [0.4, 0.5) is 13.2 Å². The number of hydrogen-bond donors (Lipinski definition) is 0. The summed E-state index contributed by atoms with van der Waals surface area (Å²) in [5.74, 6) is 1.52. The Morgan fingerprint density at radius 3 is 2.85 bits per heavy atom. The molecular formula is C11H14F3N5S. The van der Waals surface area contributed by atoms with Gasteiger partial charge in [0.2, 0.25) is 0 Å². The molecule has 0 aromatic carbocycles. The van der Waals surface area contributed by atoms with Gasteiger partial charge in [-0.1, -0.05) is 0 Å². The molecule has 2 aromatic rings. The number of halogens is 3. The van der Waals surface area contributed by atoms with Gasteiger partial charge in [-0.3, -0.25) is 4.68 Å². The first kappa shape index (κ1) is 14.9. The van der Waals surface area contributed by atoms with E-state index in [-0.39, 0.29) is 12.2 Å². The molecule has 0 saturated heterocycles. The van der Waals surface area contributed by atoms with Crippen LogP contribution in [0.3, 0.4) is 0 Å². The predicted octanol–water partition coefficient (Wildman–Crippen LogP) is 2.35. The number of rotatable bonds is 7. The Balaban J connectivity index is 1.94. The van der Waals surface area contributed by atoms with E-state index in [0.717, 1.165) is 0 Å². The minimum absolute atomic E-state index is 0.158. The summed E-state index contributed by atoms with van der Waals surface area (Å²) in [7, 11) is 1.61. The summed E-state index contributed by atoms with van der Waals surface area (Å²) in [6.45, 7) is -0.357. The zero-order valence-electron chi connectivity index (χ0n) is 10.8.